The van der Waals surface area contributed by atoms with Gasteiger partial charge in [-0.2, -0.15) is 0 Å². The van der Waals surface area contributed by atoms with Crippen molar-refractivity contribution in [2.24, 2.45) is 17.3 Å². The van der Waals surface area contributed by atoms with E-state index in [-0.39, 0.29) is 22.9 Å². The van der Waals surface area contributed by atoms with Crippen LogP contribution in [0.25, 0.3) is 10.1 Å². The van der Waals surface area contributed by atoms with Crippen LogP contribution in [-0.4, -0.2) is 54.6 Å². The van der Waals surface area contributed by atoms with Crippen molar-refractivity contribution in [1.29, 1.82) is 0 Å². The van der Waals surface area contributed by atoms with Crippen LogP contribution in [0.3, 0.4) is 0 Å². The molecule has 3 aromatic rings. The lowest BCUT2D eigenvalue weighted by atomic mass is 9.35. The number of benzene rings is 2. The van der Waals surface area contributed by atoms with Crippen molar-refractivity contribution in [3.05, 3.63) is 58.5 Å². The van der Waals surface area contributed by atoms with Crippen molar-refractivity contribution in [2.45, 2.75) is 74.7 Å². The minimum absolute atomic E-state index is 0.0663. The zero-order valence-electron chi connectivity index (χ0n) is 22.7. The number of phenolic OH excluding ortho intramolecular Hbond substituents is 1. The minimum atomic E-state index is -0.398. The summed E-state index contributed by atoms with van der Waals surface area (Å²) in [4.78, 5) is 4.15. The number of ether oxygens (including phenoxy) is 3. The van der Waals surface area contributed by atoms with Crippen LogP contribution in [0.5, 0.6) is 11.5 Å². The molecule has 204 valence electrons. The molecule has 10 rings (SSSR count). The Morgan fingerprint density at radius 3 is 2.87 bits per heavy atom. The van der Waals surface area contributed by atoms with Crippen LogP contribution in [0, 0.1) is 17.3 Å². The standard InChI is InChI=1S/C33H37NO4S/c1-36-33-11-10-31(16-23(33)18-37-19-24-14-21-4-2-3-5-26(21)39-24)27-15-22-8-9-25(35)29-28(22)32(31,30(33)38-29)12-13-34(27)17-20-6-7-20/h2-5,8-9,14,20,23,27,30,35H,6-7,10-13,15-19H2,1H3/t23-,27+,30+,31+,32-,33+/m0/s1. The van der Waals surface area contributed by atoms with E-state index in [9.17, 15) is 5.11 Å². The van der Waals surface area contributed by atoms with Gasteiger partial charge in [-0.05, 0) is 86.6 Å². The Labute approximate surface area is 234 Å². The van der Waals surface area contributed by atoms with E-state index in [1.807, 2.05) is 24.5 Å². The Hall–Kier alpha value is -2.12. The zero-order chi connectivity index (χ0) is 26.0. The molecular weight excluding hydrogens is 506 g/mol. The largest absolute Gasteiger partial charge is 0.504 e. The van der Waals surface area contributed by atoms with E-state index in [0.717, 1.165) is 43.9 Å². The first-order valence-corrected chi connectivity index (χ1v) is 15.8. The molecule has 0 amide bonds. The average molecular weight is 544 g/mol. The number of hydrogen-bond acceptors (Lipinski definition) is 6. The number of aromatic hydroxyl groups is 1. The lowest BCUT2D eigenvalue weighted by Crippen LogP contribution is -2.81. The first-order valence-electron chi connectivity index (χ1n) is 14.9. The number of nitrogens with zero attached hydrogens (tertiary/aromatic N) is 1. The number of hydrogen-bond donors (Lipinski definition) is 1. The molecule has 4 saturated carbocycles. The van der Waals surface area contributed by atoms with Gasteiger partial charge in [-0.15, -0.1) is 11.3 Å². The average Bonchev–Trinajstić information content (AvgIpc) is 3.54. The molecule has 1 aromatic heterocycles. The molecule has 7 aliphatic rings. The SMILES string of the molecule is CO[C@]12CC[C@@]3(C[C@H]1COCc1cc4ccccc4s1)[C@H]1Cc4ccc(O)c5c4[C@@]3(CCN1CC1CC1)[C@H]2O5. The fraction of sp³-hybridized carbons (Fsp3) is 0.576. The molecule has 2 aromatic carbocycles. The van der Waals surface area contributed by atoms with Gasteiger partial charge >= 0.3 is 0 Å². The molecule has 5 nitrogen and oxygen atoms in total. The Kier molecular flexibility index (Phi) is 4.83. The first kappa shape index (κ1) is 23.6. The van der Waals surface area contributed by atoms with E-state index in [2.05, 4.69) is 41.3 Å². The maximum atomic E-state index is 11.0. The van der Waals surface area contributed by atoms with Gasteiger partial charge in [0, 0.05) is 51.6 Å². The van der Waals surface area contributed by atoms with Gasteiger partial charge in [0.2, 0.25) is 0 Å². The van der Waals surface area contributed by atoms with Gasteiger partial charge in [-0.25, -0.2) is 0 Å². The summed E-state index contributed by atoms with van der Waals surface area (Å²) in [5.41, 5.74) is 2.40. The third-order valence-corrected chi connectivity index (χ3v) is 12.9. The lowest BCUT2D eigenvalue weighted by Gasteiger charge is -2.74. The molecule has 0 radical (unpaired) electrons. The summed E-state index contributed by atoms with van der Waals surface area (Å²) in [5, 5.41) is 12.3. The van der Waals surface area contributed by atoms with Crippen molar-refractivity contribution in [1.82, 2.24) is 4.90 Å². The molecule has 2 aliphatic heterocycles. The molecule has 3 heterocycles. The van der Waals surface area contributed by atoms with Crippen LogP contribution in [0.15, 0.2) is 42.5 Å². The van der Waals surface area contributed by atoms with Crippen molar-refractivity contribution in [3.8, 4) is 11.5 Å². The second kappa shape index (κ2) is 8.00. The third kappa shape index (κ3) is 2.91. The normalized spacial score (nSPS) is 37.7. The maximum Gasteiger partial charge on any atom is 0.165 e. The number of thiophene rings is 1. The molecule has 6 heteroatoms. The van der Waals surface area contributed by atoms with Gasteiger partial charge < -0.3 is 19.3 Å². The van der Waals surface area contributed by atoms with Crippen molar-refractivity contribution >= 4 is 21.4 Å². The van der Waals surface area contributed by atoms with E-state index in [4.69, 9.17) is 14.2 Å². The van der Waals surface area contributed by atoms with Gasteiger partial charge in [0.05, 0.1) is 13.2 Å². The van der Waals surface area contributed by atoms with Crippen LogP contribution < -0.4 is 4.74 Å². The highest BCUT2D eigenvalue weighted by atomic mass is 32.1. The smallest absolute Gasteiger partial charge is 0.165 e. The van der Waals surface area contributed by atoms with Crippen LogP contribution in [0.2, 0.25) is 0 Å². The molecule has 4 bridgehead atoms. The Balaban J connectivity index is 1.10. The van der Waals surface area contributed by atoms with E-state index in [0.29, 0.717) is 25.0 Å². The number of fused-ring (bicyclic) bond motifs is 3. The highest BCUT2D eigenvalue weighted by Crippen LogP contribution is 2.76. The van der Waals surface area contributed by atoms with Crippen molar-refractivity contribution in [2.75, 3.05) is 26.8 Å². The molecular formula is C33H37NO4S. The second-order valence-electron chi connectivity index (χ2n) is 13.3. The van der Waals surface area contributed by atoms with Crippen LogP contribution in [0.1, 0.15) is 54.5 Å². The van der Waals surface area contributed by atoms with E-state index in [1.165, 1.54) is 51.9 Å². The number of phenols is 1. The second-order valence-corrected chi connectivity index (χ2v) is 14.5. The highest BCUT2D eigenvalue weighted by Gasteiger charge is 2.80. The Morgan fingerprint density at radius 2 is 2.03 bits per heavy atom. The van der Waals surface area contributed by atoms with Gasteiger partial charge in [0.25, 0.3) is 0 Å². The van der Waals surface area contributed by atoms with Crippen molar-refractivity contribution < 1.29 is 19.3 Å². The third-order valence-electron chi connectivity index (χ3n) is 11.8. The van der Waals surface area contributed by atoms with Crippen LogP contribution in [0.4, 0.5) is 0 Å². The molecule has 39 heavy (non-hydrogen) atoms. The predicted octanol–water partition coefficient (Wildman–Crippen LogP) is 6.05. The number of rotatable bonds is 7. The van der Waals surface area contributed by atoms with Gasteiger partial charge in [0.1, 0.15) is 11.7 Å². The van der Waals surface area contributed by atoms with E-state index in [1.54, 1.807) is 0 Å². The monoisotopic (exact) mass is 543 g/mol. The fourth-order valence-corrected chi connectivity index (χ4v) is 11.2. The Morgan fingerprint density at radius 1 is 1.13 bits per heavy atom. The molecule has 0 unspecified atom stereocenters. The summed E-state index contributed by atoms with van der Waals surface area (Å²) >= 11 is 1.83. The highest BCUT2D eigenvalue weighted by molar-refractivity contribution is 7.19. The van der Waals surface area contributed by atoms with Gasteiger partial charge in [0.15, 0.2) is 11.5 Å². The maximum absolute atomic E-state index is 11.0. The van der Waals surface area contributed by atoms with E-state index < -0.39 is 5.60 Å². The first-order chi connectivity index (χ1) is 19.1. The Bertz CT molecular complexity index is 1450. The summed E-state index contributed by atoms with van der Waals surface area (Å²) in [6.07, 6.45) is 8.19. The topological polar surface area (TPSA) is 51.2 Å². The van der Waals surface area contributed by atoms with Crippen molar-refractivity contribution in [3.63, 3.8) is 0 Å². The summed E-state index contributed by atoms with van der Waals surface area (Å²) in [6, 6.07) is 15.4. The quantitative estimate of drug-likeness (QED) is 0.393. The molecule has 5 aliphatic carbocycles. The molecule has 2 spiro atoms. The van der Waals surface area contributed by atoms with Crippen LogP contribution >= 0.6 is 11.3 Å². The van der Waals surface area contributed by atoms with Gasteiger partial charge in [-0.1, -0.05) is 24.3 Å². The summed E-state index contributed by atoms with van der Waals surface area (Å²) in [5.74, 6) is 2.21. The summed E-state index contributed by atoms with van der Waals surface area (Å²) in [7, 11) is 1.89. The number of likely N-dealkylation sites (tertiary alicyclic amines) is 1. The molecule has 6 atom stereocenters. The van der Waals surface area contributed by atoms with Crippen LogP contribution in [-0.2, 0) is 27.9 Å². The summed E-state index contributed by atoms with van der Waals surface area (Å²) in [6.45, 7) is 3.70. The lowest BCUT2D eigenvalue weighted by molar-refractivity contribution is -0.283. The fourth-order valence-electron chi connectivity index (χ4n) is 10.2. The van der Waals surface area contributed by atoms with E-state index >= 15 is 0 Å². The number of methoxy groups -OCH3 is 1. The zero-order valence-corrected chi connectivity index (χ0v) is 23.5. The van der Waals surface area contributed by atoms with Gasteiger partial charge in [-0.3, -0.25) is 4.90 Å². The number of piperidine rings is 1. The molecule has 5 fully saturated rings. The summed E-state index contributed by atoms with van der Waals surface area (Å²) < 4.78 is 21.4. The molecule has 1 N–H and O–H groups in total. The molecule has 1 saturated heterocycles. The minimum Gasteiger partial charge on any atom is -0.504 e. The predicted molar refractivity (Wildman–Crippen MR) is 152 cm³/mol.